The highest BCUT2D eigenvalue weighted by atomic mass is 79.9. The zero-order chi connectivity index (χ0) is 15.4. The van der Waals surface area contributed by atoms with Gasteiger partial charge in [-0.05, 0) is 28.1 Å². The highest BCUT2D eigenvalue weighted by Crippen LogP contribution is 2.31. The molecule has 2 rings (SSSR count). The Bertz CT molecular complexity index is 651. The van der Waals surface area contributed by atoms with Gasteiger partial charge in [-0.3, -0.25) is 10.1 Å². The smallest absolute Gasteiger partial charge is 0.387 e. The normalized spacial score (nSPS) is 10.7. The highest BCUT2D eigenvalue weighted by molar-refractivity contribution is 9.10. The summed E-state index contributed by atoms with van der Waals surface area (Å²) in [7, 11) is 0. The molecule has 9 heteroatoms. The fourth-order valence-electron chi connectivity index (χ4n) is 1.60. The third-order valence-electron chi connectivity index (χ3n) is 2.46. The van der Waals surface area contributed by atoms with Crippen molar-refractivity contribution in [2.24, 2.45) is 0 Å². The third-order valence-corrected chi connectivity index (χ3v) is 4.16. The SMILES string of the molecule is O=[N+]([O-])c1ccc(NCc2cc(Br)cs2)cc1OC(F)F. The van der Waals surface area contributed by atoms with Crippen LogP contribution >= 0.6 is 27.3 Å². The molecule has 0 aliphatic rings. The second-order valence-corrected chi connectivity index (χ2v) is 5.81. The number of rotatable bonds is 6. The number of alkyl halides is 2. The number of halogens is 3. The molecule has 0 spiro atoms. The van der Waals surface area contributed by atoms with Crippen molar-refractivity contribution in [1.29, 1.82) is 0 Å². The lowest BCUT2D eigenvalue weighted by Gasteiger charge is -2.09. The number of nitro benzene ring substituents is 1. The van der Waals surface area contributed by atoms with E-state index in [0.717, 1.165) is 15.4 Å². The molecular weight excluding hydrogens is 370 g/mol. The highest BCUT2D eigenvalue weighted by Gasteiger charge is 2.19. The molecule has 0 saturated carbocycles. The molecule has 0 fully saturated rings. The number of hydrogen-bond acceptors (Lipinski definition) is 5. The summed E-state index contributed by atoms with van der Waals surface area (Å²) in [5.41, 5.74) is -0.0412. The Hall–Kier alpha value is -1.74. The lowest BCUT2D eigenvalue weighted by Crippen LogP contribution is -2.05. The fraction of sp³-hybridized carbons (Fsp3) is 0.167. The average Bonchev–Trinajstić information content (AvgIpc) is 2.81. The van der Waals surface area contributed by atoms with Crippen LogP contribution in [0.15, 0.2) is 34.1 Å². The van der Waals surface area contributed by atoms with Gasteiger partial charge >= 0.3 is 12.3 Å². The van der Waals surface area contributed by atoms with Crippen molar-refractivity contribution in [3.63, 3.8) is 0 Å². The molecule has 21 heavy (non-hydrogen) atoms. The summed E-state index contributed by atoms with van der Waals surface area (Å²) in [6.45, 7) is -2.64. The Balaban J connectivity index is 2.14. The molecule has 1 aromatic heterocycles. The summed E-state index contributed by atoms with van der Waals surface area (Å²) in [6, 6.07) is 5.68. The Labute approximate surface area is 130 Å². The zero-order valence-electron chi connectivity index (χ0n) is 10.4. The summed E-state index contributed by atoms with van der Waals surface area (Å²) in [6.07, 6.45) is 0. The first-order valence-electron chi connectivity index (χ1n) is 5.65. The molecule has 5 nitrogen and oxygen atoms in total. The van der Waals surface area contributed by atoms with Gasteiger partial charge in [0.25, 0.3) is 0 Å². The van der Waals surface area contributed by atoms with E-state index < -0.39 is 23.0 Å². The van der Waals surface area contributed by atoms with E-state index in [1.165, 1.54) is 23.5 Å². The summed E-state index contributed by atoms with van der Waals surface area (Å²) >= 11 is 4.85. The van der Waals surface area contributed by atoms with Gasteiger partial charge in [0.1, 0.15) is 0 Å². The van der Waals surface area contributed by atoms with E-state index >= 15 is 0 Å². The van der Waals surface area contributed by atoms with Crippen molar-refractivity contribution in [2.45, 2.75) is 13.2 Å². The van der Waals surface area contributed by atoms with Gasteiger partial charge in [0.15, 0.2) is 0 Å². The molecule has 1 heterocycles. The molecule has 0 aliphatic heterocycles. The number of anilines is 1. The molecule has 0 aliphatic carbocycles. The topological polar surface area (TPSA) is 64.4 Å². The first kappa shape index (κ1) is 15.6. The molecule has 0 amide bonds. The van der Waals surface area contributed by atoms with Crippen LogP contribution in [0.3, 0.4) is 0 Å². The lowest BCUT2D eigenvalue weighted by atomic mass is 10.2. The zero-order valence-corrected chi connectivity index (χ0v) is 12.8. The van der Waals surface area contributed by atoms with Gasteiger partial charge in [-0.25, -0.2) is 0 Å². The van der Waals surface area contributed by atoms with Crippen molar-refractivity contribution in [3.05, 3.63) is 49.1 Å². The second-order valence-electron chi connectivity index (χ2n) is 3.90. The van der Waals surface area contributed by atoms with Gasteiger partial charge in [-0.2, -0.15) is 8.78 Å². The summed E-state index contributed by atoms with van der Waals surface area (Å²) in [4.78, 5) is 11.0. The van der Waals surface area contributed by atoms with Gasteiger partial charge < -0.3 is 10.1 Å². The molecule has 112 valence electrons. The van der Waals surface area contributed by atoms with Gasteiger partial charge in [0.2, 0.25) is 5.75 Å². The second kappa shape index (κ2) is 6.81. The van der Waals surface area contributed by atoms with Gasteiger partial charge in [0.05, 0.1) is 4.92 Å². The number of hydrogen-bond donors (Lipinski definition) is 1. The van der Waals surface area contributed by atoms with Crippen molar-refractivity contribution in [2.75, 3.05) is 5.32 Å². The van der Waals surface area contributed by atoms with Crippen LogP contribution in [0.2, 0.25) is 0 Å². The minimum atomic E-state index is -3.12. The van der Waals surface area contributed by atoms with E-state index in [9.17, 15) is 18.9 Å². The van der Waals surface area contributed by atoms with Crippen LogP contribution in [0, 0.1) is 10.1 Å². The summed E-state index contributed by atoms with van der Waals surface area (Å²) in [5, 5.41) is 15.7. The molecule has 0 atom stereocenters. The van der Waals surface area contributed by atoms with Crippen LogP contribution in [0.4, 0.5) is 20.2 Å². The predicted octanol–water partition coefficient (Wildman–Crippen LogP) is 4.63. The largest absolute Gasteiger partial charge is 0.427 e. The minimum absolute atomic E-state index is 0.459. The molecule has 0 saturated heterocycles. The predicted molar refractivity (Wildman–Crippen MR) is 79.1 cm³/mol. The van der Waals surface area contributed by atoms with E-state index in [0.29, 0.717) is 12.2 Å². The number of ether oxygens (including phenoxy) is 1. The fourth-order valence-corrected chi connectivity index (χ4v) is 2.99. The summed E-state index contributed by atoms with van der Waals surface area (Å²) in [5.74, 6) is -0.465. The number of thiophene rings is 1. The number of nitrogens with zero attached hydrogens (tertiary/aromatic N) is 1. The van der Waals surface area contributed by atoms with E-state index in [2.05, 4.69) is 26.0 Å². The maximum Gasteiger partial charge on any atom is 0.387 e. The van der Waals surface area contributed by atoms with Crippen LogP contribution in [-0.2, 0) is 6.54 Å². The van der Waals surface area contributed by atoms with Crippen molar-refractivity contribution < 1.29 is 18.4 Å². The van der Waals surface area contributed by atoms with Crippen LogP contribution < -0.4 is 10.1 Å². The van der Waals surface area contributed by atoms with Crippen LogP contribution in [0.5, 0.6) is 5.75 Å². The van der Waals surface area contributed by atoms with Gasteiger partial charge in [-0.15, -0.1) is 11.3 Å². The van der Waals surface area contributed by atoms with E-state index in [-0.39, 0.29) is 0 Å². The number of benzene rings is 1. The first-order valence-corrected chi connectivity index (χ1v) is 7.33. The summed E-state index contributed by atoms with van der Waals surface area (Å²) < 4.78 is 29.7. The van der Waals surface area contributed by atoms with E-state index in [1.807, 2.05) is 11.4 Å². The van der Waals surface area contributed by atoms with Gasteiger partial charge in [-0.1, -0.05) is 0 Å². The first-order chi connectivity index (χ1) is 9.95. The van der Waals surface area contributed by atoms with Crippen molar-refractivity contribution >= 4 is 38.6 Å². The molecule has 2 aromatic rings. The Morgan fingerprint density at radius 3 is 2.76 bits per heavy atom. The maximum atomic E-state index is 12.3. The molecule has 1 aromatic carbocycles. The quantitative estimate of drug-likeness (QED) is 0.587. The third kappa shape index (κ3) is 4.36. The van der Waals surface area contributed by atoms with Crippen LogP contribution in [0.25, 0.3) is 0 Å². The molecule has 0 bridgehead atoms. The molecular formula is C12H9BrF2N2O3S. The van der Waals surface area contributed by atoms with Crippen LogP contribution in [-0.4, -0.2) is 11.5 Å². The standard InChI is InChI=1S/C12H9BrF2N2O3S/c13-7-3-9(21-6-7)5-16-8-1-2-10(17(18)19)11(4-8)20-12(14)15/h1-4,6,12,16H,5H2. The number of nitrogens with one attached hydrogen (secondary N) is 1. The lowest BCUT2D eigenvalue weighted by molar-refractivity contribution is -0.386. The average molecular weight is 379 g/mol. The Morgan fingerprint density at radius 2 is 2.19 bits per heavy atom. The Kier molecular flexibility index (Phi) is 5.07. The molecule has 0 unspecified atom stereocenters. The monoisotopic (exact) mass is 378 g/mol. The van der Waals surface area contributed by atoms with Gasteiger partial charge in [0, 0.05) is 39.1 Å². The Morgan fingerprint density at radius 1 is 1.43 bits per heavy atom. The van der Waals surface area contributed by atoms with Crippen LogP contribution in [0.1, 0.15) is 4.88 Å². The van der Waals surface area contributed by atoms with Crippen molar-refractivity contribution in [3.8, 4) is 5.75 Å². The minimum Gasteiger partial charge on any atom is -0.427 e. The molecule has 0 radical (unpaired) electrons. The van der Waals surface area contributed by atoms with E-state index in [1.54, 1.807) is 0 Å². The van der Waals surface area contributed by atoms with E-state index in [4.69, 9.17) is 0 Å². The number of nitro groups is 1. The maximum absolute atomic E-state index is 12.3. The molecule has 1 N–H and O–H groups in total. The van der Waals surface area contributed by atoms with Crippen molar-refractivity contribution in [1.82, 2.24) is 0 Å².